The maximum atomic E-state index is 5.62. The first-order valence-corrected chi connectivity index (χ1v) is 10.9. The third-order valence-electron chi connectivity index (χ3n) is 5.51. The molecule has 2 saturated heterocycles. The molecule has 2 fully saturated rings. The molecule has 1 aromatic heterocycles. The van der Waals surface area contributed by atoms with E-state index in [1.165, 1.54) is 12.8 Å². The summed E-state index contributed by atoms with van der Waals surface area (Å²) in [5, 5.41) is 3.47. The van der Waals surface area contributed by atoms with E-state index >= 15 is 0 Å². The molecule has 6 nitrogen and oxygen atoms in total. The molecule has 3 rings (SSSR count). The quantitative estimate of drug-likeness (QED) is 0.355. The molecule has 0 spiro atoms. The van der Waals surface area contributed by atoms with Crippen molar-refractivity contribution in [2.24, 2.45) is 16.8 Å². The molecule has 0 amide bonds. The van der Waals surface area contributed by atoms with Gasteiger partial charge in [0.1, 0.15) is 5.82 Å². The molecule has 1 aromatic rings. The van der Waals surface area contributed by atoms with Crippen LogP contribution in [-0.2, 0) is 11.3 Å². The lowest BCUT2D eigenvalue weighted by Crippen LogP contribution is -2.41. The Balaban J connectivity index is 0.00000300. The maximum absolute atomic E-state index is 5.62. The summed E-state index contributed by atoms with van der Waals surface area (Å²) in [6, 6.07) is 4.27. The zero-order valence-electron chi connectivity index (χ0n) is 18.4. The van der Waals surface area contributed by atoms with Gasteiger partial charge in [0.15, 0.2) is 5.96 Å². The van der Waals surface area contributed by atoms with Crippen LogP contribution in [0.2, 0.25) is 0 Å². The normalized spacial score (nSPS) is 22.7. The Morgan fingerprint density at radius 3 is 2.79 bits per heavy atom. The minimum atomic E-state index is 0. The van der Waals surface area contributed by atoms with Crippen LogP contribution in [0.4, 0.5) is 5.82 Å². The van der Waals surface area contributed by atoms with Crippen LogP contribution in [0.5, 0.6) is 0 Å². The molecule has 7 heteroatoms. The van der Waals surface area contributed by atoms with Gasteiger partial charge in [-0.05, 0) is 50.2 Å². The van der Waals surface area contributed by atoms with Crippen molar-refractivity contribution in [3.8, 4) is 0 Å². The van der Waals surface area contributed by atoms with Gasteiger partial charge >= 0.3 is 0 Å². The lowest BCUT2D eigenvalue weighted by atomic mass is 9.97. The monoisotopic (exact) mass is 515 g/mol. The van der Waals surface area contributed by atoms with Gasteiger partial charge in [-0.15, -0.1) is 24.0 Å². The van der Waals surface area contributed by atoms with Crippen molar-refractivity contribution in [2.75, 3.05) is 44.2 Å². The number of hydrogen-bond acceptors (Lipinski definition) is 4. The van der Waals surface area contributed by atoms with Crippen molar-refractivity contribution < 1.29 is 4.74 Å². The van der Waals surface area contributed by atoms with E-state index in [1.807, 2.05) is 6.20 Å². The van der Waals surface area contributed by atoms with Crippen LogP contribution < -0.4 is 10.2 Å². The lowest BCUT2D eigenvalue weighted by Gasteiger charge is -2.32. The second-order valence-corrected chi connectivity index (χ2v) is 8.55. The number of rotatable bonds is 6. The second kappa shape index (κ2) is 11.9. The molecule has 3 heterocycles. The van der Waals surface area contributed by atoms with Crippen LogP contribution >= 0.6 is 24.0 Å². The van der Waals surface area contributed by atoms with Gasteiger partial charge in [0.05, 0.1) is 19.3 Å². The SMILES string of the molecule is CCNC(=NCc1ccc(N2CCOC(C)C2)nc1)N1CCC(CC(C)C)C1.I. The number of aliphatic imine (C=N–C) groups is 1. The highest BCUT2D eigenvalue weighted by molar-refractivity contribution is 14.0. The van der Waals surface area contributed by atoms with Gasteiger partial charge in [0, 0.05) is 38.9 Å². The molecule has 2 atom stereocenters. The fourth-order valence-electron chi connectivity index (χ4n) is 4.20. The first-order chi connectivity index (χ1) is 13.5. The van der Waals surface area contributed by atoms with Crippen LogP contribution in [-0.4, -0.2) is 61.3 Å². The standard InChI is InChI=1S/C22H37N5O.HI/c1-5-23-22(27-9-8-19(16-27)12-17(2)3)25-14-20-6-7-21(24-13-20)26-10-11-28-18(4)15-26;/h6-7,13,17-19H,5,8-12,14-16H2,1-4H3,(H,23,25);1H. The minimum Gasteiger partial charge on any atom is -0.375 e. The van der Waals surface area contributed by atoms with E-state index in [9.17, 15) is 0 Å². The highest BCUT2D eigenvalue weighted by Gasteiger charge is 2.25. The third-order valence-corrected chi connectivity index (χ3v) is 5.51. The van der Waals surface area contributed by atoms with E-state index in [-0.39, 0.29) is 30.1 Å². The number of aromatic nitrogens is 1. The van der Waals surface area contributed by atoms with Crippen molar-refractivity contribution in [3.63, 3.8) is 0 Å². The second-order valence-electron chi connectivity index (χ2n) is 8.55. The highest BCUT2D eigenvalue weighted by Crippen LogP contribution is 2.23. The summed E-state index contributed by atoms with van der Waals surface area (Å²) < 4.78 is 5.62. The number of anilines is 1. The lowest BCUT2D eigenvalue weighted by molar-refractivity contribution is 0.0529. The summed E-state index contributed by atoms with van der Waals surface area (Å²) >= 11 is 0. The molecule has 0 radical (unpaired) electrons. The fraction of sp³-hybridized carbons (Fsp3) is 0.727. The summed E-state index contributed by atoms with van der Waals surface area (Å²) in [6.07, 6.45) is 4.81. The third kappa shape index (κ3) is 7.27. The molecule has 2 aliphatic heterocycles. The van der Waals surface area contributed by atoms with E-state index < -0.39 is 0 Å². The molecular weight excluding hydrogens is 477 g/mol. The summed E-state index contributed by atoms with van der Waals surface area (Å²) in [5.41, 5.74) is 1.15. The van der Waals surface area contributed by atoms with E-state index in [0.29, 0.717) is 6.54 Å². The van der Waals surface area contributed by atoms with Gasteiger partial charge in [-0.2, -0.15) is 0 Å². The molecule has 2 unspecified atom stereocenters. The Labute approximate surface area is 193 Å². The van der Waals surface area contributed by atoms with Crippen molar-refractivity contribution >= 4 is 35.8 Å². The molecule has 1 N–H and O–H groups in total. The average Bonchev–Trinajstić information content (AvgIpc) is 3.13. The Morgan fingerprint density at radius 2 is 2.14 bits per heavy atom. The molecule has 0 bridgehead atoms. The van der Waals surface area contributed by atoms with Crippen molar-refractivity contribution in [1.82, 2.24) is 15.2 Å². The zero-order valence-corrected chi connectivity index (χ0v) is 20.8. The number of ether oxygens (including phenoxy) is 1. The number of nitrogens with one attached hydrogen (secondary N) is 1. The number of halogens is 1. The Morgan fingerprint density at radius 1 is 1.31 bits per heavy atom. The molecule has 0 saturated carbocycles. The number of morpholine rings is 1. The molecule has 0 aliphatic carbocycles. The predicted octanol–water partition coefficient (Wildman–Crippen LogP) is 3.76. The van der Waals surface area contributed by atoms with Gasteiger partial charge in [-0.25, -0.2) is 9.98 Å². The number of pyridine rings is 1. The average molecular weight is 515 g/mol. The van der Waals surface area contributed by atoms with Crippen LogP contribution in [0.1, 0.15) is 46.1 Å². The highest BCUT2D eigenvalue weighted by atomic mass is 127. The molecule has 0 aromatic carbocycles. The summed E-state index contributed by atoms with van der Waals surface area (Å²) in [7, 11) is 0. The molecule has 2 aliphatic rings. The summed E-state index contributed by atoms with van der Waals surface area (Å²) in [4.78, 5) is 14.3. The van der Waals surface area contributed by atoms with E-state index in [0.717, 1.165) is 68.5 Å². The Bertz CT molecular complexity index is 637. The molecular formula is C22H38IN5O. The van der Waals surface area contributed by atoms with Crippen molar-refractivity contribution in [2.45, 2.75) is 53.2 Å². The smallest absolute Gasteiger partial charge is 0.194 e. The van der Waals surface area contributed by atoms with Gasteiger partial charge in [-0.3, -0.25) is 0 Å². The van der Waals surface area contributed by atoms with Crippen LogP contribution in [0.25, 0.3) is 0 Å². The predicted molar refractivity (Wildman–Crippen MR) is 131 cm³/mol. The van der Waals surface area contributed by atoms with Gasteiger partial charge < -0.3 is 19.9 Å². The van der Waals surface area contributed by atoms with E-state index in [1.54, 1.807) is 0 Å². The number of nitrogens with zero attached hydrogens (tertiary/aromatic N) is 4. The van der Waals surface area contributed by atoms with Crippen LogP contribution in [0.3, 0.4) is 0 Å². The summed E-state index contributed by atoms with van der Waals surface area (Å²) in [5.74, 6) is 3.63. The topological polar surface area (TPSA) is 53.0 Å². The Kier molecular flexibility index (Phi) is 9.95. The van der Waals surface area contributed by atoms with Gasteiger partial charge in [0.25, 0.3) is 0 Å². The Hall–Kier alpha value is -1.09. The van der Waals surface area contributed by atoms with Crippen LogP contribution in [0.15, 0.2) is 23.3 Å². The first-order valence-electron chi connectivity index (χ1n) is 10.9. The largest absolute Gasteiger partial charge is 0.375 e. The number of guanidine groups is 1. The number of hydrogen-bond donors (Lipinski definition) is 1. The summed E-state index contributed by atoms with van der Waals surface area (Å²) in [6.45, 7) is 15.3. The molecule has 29 heavy (non-hydrogen) atoms. The number of likely N-dealkylation sites (tertiary alicyclic amines) is 1. The van der Waals surface area contributed by atoms with Gasteiger partial charge in [0.2, 0.25) is 0 Å². The minimum absolute atomic E-state index is 0. The maximum Gasteiger partial charge on any atom is 0.194 e. The van der Waals surface area contributed by atoms with Crippen LogP contribution in [0, 0.1) is 11.8 Å². The van der Waals surface area contributed by atoms with Gasteiger partial charge in [-0.1, -0.05) is 19.9 Å². The first kappa shape index (κ1) is 24.2. The fourth-order valence-corrected chi connectivity index (χ4v) is 4.20. The van der Waals surface area contributed by atoms with E-state index in [2.05, 4.69) is 59.9 Å². The van der Waals surface area contributed by atoms with Crippen molar-refractivity contribution in [3.05, 3.63) is 23.9 Å². The van der Waals surface area contributed by atoms with Crippen molar-refractivity contribution in [1.29, 1.82) is 0 Å². The zero-order chi connectivity index (χ0) is 19.9. The molecule has 164 valence electrons. The van der Waals surface area contributed by atoms with E-state index in [4.69, 9.17) is 9.73 Å².